The molecule has 2 atom stereocenters. The molecule has 1 rings (SSSR count). The fourth-order valence-corrected chi connectivity index (χ4v) is 1.82. The number of hydrogen-bond donors (Lipinski definition) is 1. The maximum atomic E-state index is 10.7. The van der Waals surface area contributed by atoms with Gasteiger partial charge in [-0.1, -0.05) is 18.7 Å². The number of aliphatic hydroxyl groups excluding tert-OH is 1. The van der Waals surface area contributed by atoms with Crippen LogP contribution in [-0.4, -0.2) is 26.4 Å². The standard InChI is InChI=1S/C9H12N2O3S/c1-6(12)7(2)15-9-8(11(13)14)4-3-5-10-9/h3-7,12H,1-2H3/t6-,7+/m1/s1. The van der Waals surface area contributed by atoms with E-state index in [0.717, 1.165) is 0 Å². The number of aromatic nitrogens is 1. The summed E-state index contributed by atoms with van der Waals surface area (Å²) in [7, 11) is 0. The van der Waals surface area contributed by atoms with Crippen molar-refractivity contribution in [2.75, 3.05) is 0 Å². The Morgan fingerprint density at radius 2 is 2.27 bits per heavy atom. The Morgan fingerprint density at radius 1 is 1.60 bits per heavy atom. The van der Waals surface area contributed by atoms with Gasteiger partial charge in [-0.25, -0.2) is 4.98 Å². The molecular formula is C9H12N2O3S. The minimum Gasteiger partial charge on any atom is -0.392 e. The molecule has 0 bridgehead atoms. The molecule has 1 heterocycles. The zero-order valence-electron chi connectivity index (χ0n) is 8.45. The summed E-state index contributed by atoms with van der Waals surface area (Å²) in [6.45, 7) is 3.44. The summed E-state index contributed by atoms with van der Waals surface area (Å²) in [5, 5.41) is 20.2. The lowest BCUT2D eigenvalue weighted by Gasteiger charge is -2.12. The largest absolute Gasteiger partial charge is 0.392 e. The van der Waals surface area contributed by atoms with Gasteiger partial charge in [0.15, 0.2) is 5.03 Å². The first-order valence-electron chi connectivity index (χ1n) is 4.46. The summed E-state index contributed by atoms with van der Waals surface area (Å²) < 4.78 is 0. The number of rotatable bonds is 4. The summed E-state index contributed by atoms with van der Waals surface area (Å²) in [4.78, 5) is 14.1. The van der Waals surface area contributed by atoms with Crippen molar-refractivity contribution in [3.63, 3.8) is 0 Å². The molecular weight excluding hydrogens is 216 g/mol. The fraction of sp³-hybridized carbons (Fsp3) is 0.444. The predicted octanol–water partition coefficient (Wildman–Crippen LogP) is 1.85. The SMILES string of the molecule is C[C@H](Sc1ncccc1[N+](=O)[O-])[C@@H](C)O. The molecule has 0 fully saturated rings. The van der Waals surface area contributed by atoms with E-state index in [9.17, 15) is 15.2 Å². The second kappa shape index (κ2) is 5.09. The number of nitrogens with zero attached hydrogens (tertiary/aromatic N) is 2. The van der Waals surface area contributed by atoms with Crippen LogP contribution in [0.25, 0.3) is 0 Å². The number of nitro groups is 1. The molecule has 0 aliphatic rings. The van der Waals surface area contributed by atoms with E-state index in [-0.39, 0.29) is 10.9 Å². The summed E-state index contributed by atoms with van der Waals surface area (Å²) in [5.74, 6) is 0. The zero-order chi connectivity index (χ0) is 11.4. The molecule has 5 nitrogen and oxygen atoms in total. The third-order valence-electron chi connectivity index (χ3n) is 1.92. The van der Waals surface area contributed by atoms with Crippen LogP contribution in [0.4, 0.5) is 5.69 Å². The molecule has 0 aromatic carbocycles. The monoisotopic (exact) mass is 228 g/mol. The Labute approximate surface area is 91.7 Å². The molecule has 0 radical (unpaired) electrons. The van der Waals surface area contributed by atoms with E-state index < -0.39 is 11.0 Å². The molecule has 0 amide bonds. The first kappa shape index (κ1) is 11.9. The van der Waals surface area contributed by atoms with Crippen LogP contribution in [0.3, 0.4) is 0 Å². The van der Waals surface area contributed by atoms with Crippen molar-refractivity contribution >= 4 is 17.4 Å². The molecule has 1 N–H and O–H groups in total. The summed E-state index contributed by atoms with van der Waals surface area (Å²) in [6, 6.07) is 2.93. The smallest absolute Gasteiger partial charge is 0.301 e. The van der Waals surface area contributed by atoms with Crippen molar-refractivity contribution in [2.24, 2.45) is 0 Å². The van der Waals surface area contributed by atoms with E-state index >= 15 is 0 Å². The average molecular weight is 228 g/mol. The highest BCUT2D eigenvalue weighted by Crippen LogP contribution is 2.30. The lowest BCUT2D eigenvalue weighted by atomic mass is 10.3. The lowest BCUT2D eigenvalue weighted by Crippen LogP contribution is -2.15. The van der Waals surface area contributed by atoms with E-state index in [2.05, 4.69) is 4.98 Å². The molecule has 0 saturated heterocycles. The summed E-state index contributed by atoms with van der Waals surface area (Å²) >= 11 is 1.20. The Bertz CT molecular complexity index is 357. The molecule has 1 aromatic heterocycles. The molecule has 15 heavy (non-hydrogen) atoms. The van der Waals surface area contributed by atoms with E-state index in [0.29, 0.717) is 5.03 Å². The van der Waals surface area contributed by atoms with Crippen molar-refractivity contribution in [3.05, 3.63) is 28.4 Å². The van der Waals surface area contributed by atoms with Crippen molar-refractivity contribution in [3.8, 4) is 0 Å². The van der Waals surface area contributed by atoms with Crippen LogP contribution in [0.2, 0.25) is 0 Å². The second-order valence-electron chi connectivity index (χ2n) is 3.15. The summed E-state index contributed by atoms with van der Waals surface area (Å²) in [5.41, 5.74) is -0.0185. The van der Waals surface area contributed by atoms with Gasteiger partial charge in [0.25, 0.3) is 0 Å². The minimum absolute atomic E-state index is 0.0185. The van der Waals surface area contributed by atoms with Gasteiger partial charge in [0.2, 0.25) is 0 Å². The average Bonchev–Trinajstić information content (AvgIpc) is 2.18. The molecule has 0 unspecified atom stereocenters. The molecule has 0 spiro atoms. The van der Waals surface area contributed by atoms with Gasteiger partial charge in [0.05, 0.1) is 11.0 Å². The van der Waals surface area contributed by atoms with E-state index in [4.69, 9.17) is 0 Å². The van der Waals surface area contributed by atoms with Gasteiger partial charge in [-0.15, -0.1) is 0 Å². The van der Waals surface area contributed by atoms with Crippen molar-refractivity contribution < 1.29 is 10.0 Å². The topological polar surface area (TPSA) is 76.3 Å². The zero-order valence-corrected chi connectivity index (χ0v) is 9.27. The van der Waals surface area contributed by atoms with Gasteiger partial charge in [0.1, 0.15) is 0 Å². The van der Waals surface area contributed by atoms with Crippen LogP contribution in [-0.2, 0) is 0 Å². The van der Waals surface area contributed by atoms with Gasteiger partial charge >= 0.3 is 5.69 Å². The third-order valence-corrected chi connectivity index (χ3v) is 3.23. The lowest BCUT2D eigenvalue weighted by molar-refractivity contribution is -0.388. The number of hydrogen-bond acceptors (Lipinski definition) is 5. The molecule has 0 aliphatic heterocycles. The number of thioether (sulfide) groups is 1. The molecule has 1 aromatic rings. The van der Waals surface area contributed by atoms with Crippen LogP contribution in [0.1, 0.15) is 13.8 Å². The van der Waals surface area contributed by atoms with E-state index in [1.807, 2.05) is 0 Å². The Kier molecular flexibility index (Phi) is 4.05. The van der Waals surface area contributed by atoms with E-state index in [1.54, 1.807) is 13.8 Å². The summed E-state index contributed by atoms with van der Waals surface area (Å²) in [6.07, 6.45) is 0.973. The molecule has 0 saturated carbocycles. The highest BCUT2D eigenvalue weighted by molar-refractivity contribution is 8.00. The second-order valence-corrected chi connectivity index (χ2v) is 4.51. The quantitative estimate of drug-likeness (QED) is 0.483. The predicted molar refractivity (Wildman–Crippen MR) is 57.9 cm³/mol. The van der Waals surface area contributed by atoms with Crippen LogP contribution in [0.5, 0.6) is 0 Å². The van der Waals surface area contributed by atoms with Gasteiger partial charge in [-0.2, -0.15) is 0 Å². The van der Waals surface area contributed by atoms with Crippen LogP contribution < -0.4 is 0 Å². The van der Waals surface area contributed by atoms with Crippen molar-refractivity contribution in [2.45, 2.75) is 30.2 Å². The highest BCUT2D eigenvalue weighted by atomic mass is 32.2. The van der Waals surface area contributed by atoms with Crippen LogP contribution >= 0.6 is 11.8 Å². The minimum atomic E-state index is -0.531. The number of pyridine rings is 1. The Hall–Kier alpha value is -1.14. The normalized spacial score (nSPS) is 14.6. The molecule has 0 aliphatic carbocycles. The van der Waals surface area contributed by atoms with Crippen molar-refractivity contribution in [1.82, 2.24) is 4.98 Å². The number of aliphatic hydroxyl groups is 1. The first-order valence-corrected chi connectivity index (χ1v) is 5.34. The maximum Gasteiger partial charge on any atom is 0.301 e. The Balaban J connectivity index is 2.89. The maximum absolute atomic E-state index is 10.7. The molecule has 82 valence electrons. The highest BCUT2D eigenvalue weighted by Gasteiger charge is 2.19. The molecule has 6 heteroatoms. The third kappa shape index (κ3) is 3.17. The van der Waals surface area contributed by atoms with E-state index in [1.165, 1.54) is 30.1 Å². The van der Waals surface area contributed by atoms with Crippen molar-refractivity contribution in [1.29, 1.82) is 0 Å². The fourth-order valence-electron chi connectivity index (χ4n) is 0.887. The van der Waals surface area contributed by atoms with Crippen LogP contribution in [0, 0.1) is 10.1 Å². The first-order chi connectivity index (χ1) is 7.02. The van der Waals surface area contributed by atoms with Gasteiger partial charge in [-0.05, 0) is 13.0 Å². The van der Waals surface area contributed by atoms with Gasteiger partial charge < -0.3 is 5.11 Å². The Morgan fingerprint density at radius 3 is 2.80 bits per heavy atom. The van der Waals surface area contributed by atoms with Gasteiger partial charge in [-0.3, -0.25) is 10.1 Å². The van der Waals surface area contributed by atoms with Gasteiger partial charge in [0, 0.05) is 17.5 Å². The van der Waals surface area contributed by atoms with Crippen LogP contribution in [0.15, 0.2) is 23.4 Å².